The van der Waals surface area contributed by atoms with Gasteiger partial charge in [0.15, 0.2) is 0 Å². The molecule has 3 heteroatoms. The Labute approximate surface area is 148 Å². The third-order valence-electron chi connectivity index (χ3n) is 4.59. The Morgan fingerprint density at radius 3 is 2.38 bits per heavy atom. The Hall–Kier alpha value is -1.97. The number of thiophene rings is 1. The van der Waals surface area contributed by atoms with E-state index in [1.807, 2.05) is 11.3 Å². The summed E-state index contributed by atoms with van der Waals surface area (Å²) in [6, 6.07) is 17.6. The van der Waals surface area contributed by atoms with Crippen LogP contribution in [0.5, 0.6) is 0 Å². The van der Waals surface area contributed by atoms with Crippen LogP contribution < -0.4 is 5.19 Å². The molecule has 0 radical (unpaired) electrons. The van der Waals surface area contributed by atoms with E-state index in [-0.39, 0.29) is 0 Å². The van der Waals surface area contributed by atoms with Gasteiger partial charge in [0.2, 0.25) is 0 Å². The van der Waals surface area contributed by atoms with Crippen molar-refractivity contribution in [3.8, 4) is 11.3 Å². The van der Waals surface area contributed by atoms with E-state index in [1.54, 1.807) is 0 Å². The molecule has 24 heavy (non-hydrogen) atoms. The molecule has 0 aliphatic heterocycles. The van der Waals surface area contributed by atoms with E-state index < -0.39 is 8.07 Å². The summed E-state index contributed by atoms with van der Waals surface area (Å²) in [5.41, 5.74) is 3.66. The lowest BCUT2D eigenvalue weighted by Gasteiger charge is -2.19. The van der Waals surface area contributed by atoms with Gasteiger partial charge in [-0.3, -0.25) is 4.98 Å². The molecule has 0 amide bonds. The average molecular weight is 348 g/mol. The summed E-state index contributed by atoms with van der Waals surface area (Å²) in [5.74, 6) is 0. The van der Waals surface area contributed by atoms with E-state index in [0.29, 0.717) is 0 Å². The fourth-order valence-electron chi connectivity index (χ4n) is 3.38. The first-order chi connectivity index (χ1) is 11.4. The number of aromatic nitrogens is 1. The highest BCUT2D eigenvalue weighted by Gasteiger charge is 2.19. The second-order valence-corrected chi connectivity index (χ2v) is 13.6. The molecule has 0 fully saturated rings. The van der Waals surface area contributed by atoms with Crippen LogP contribution in [0.15, 0.2) is 54.7 Å². The first-order valence-electron chi connectivity index (χ1n) is 8.32. The van der Waals surface area contributed by atoms with E-state index in [1.165, 1.54) is 36.5 Å². The SMILES string of the molecule is Cc1cc(-c2ccc3c(c2)sc2ccccc23)ncc1[Si](C)(C)C. The van der Waals surface area contributed by atoms with Gasteiger partial charge in [-0.25, -0.2) is 0 Å². The largest absolute Gasteiger partial charge is 0.256 e. The van der Waals surface area contributed by atoms with Crippen LogP contribution in [0, 0.1) is 6.92 Å². The van der Waals surface area contributed by atoms with Gasteiger partial charge < -0.3 is 0 Å². The third-order valence-corrected chi connectivity index (χ3v) is 7.87. The zero-order valence-corrected chi connectivity index (χ0v) is 16.4. The standard InChI is InChI=1S/C21H21NSSi/c1-14-11-18(22-13-21(14)24(2,3)4)15-9-10-17-16-7-5-6-8-19(16)23-20(17)12-15/h5-13H,1-4H3. The molecule has 4 aromatic rings. The van der Waals surface area contributed by atoms with Gasteiger partial charge >= 0.3 is 0 Å². The van der Waals surface area contributed by atoms with Gasteiger partial charge in [0.25, 0.3) is 0 Å². The number of benzene rings is 2. The van der Waals surface area contributed by atoms with Crippen molar-refractivity contribution in [2.24, 2.45) is 0 Å². The smallest absolute Gasteiger partial charge is 0.0799 e. The lowest BCUT2D eigenvalue weighted by Crippen LogP contribution is -2.39. The summed E-state index contributed by atoms with van der Waals surface area (Å²) in [6.07, 6.45) is 2.10. The van der Waals surface area contributed by atoms with Crippen molar-refractivity contribution < 1.29 is 0 Å². The average Bonchev–Trinajstić information content (AvgIpc) is 2.91. The molecule has 120 valence electrons. The van der Waals surface area contributed by atoms with E-state index in [2.05, 4.69) is 81.3 Å². The predicted molar refractivity (Wildman–Crippen MR) is 110 cm³/mol. The van der Waals surface area contributed by atoms with Gasteiger partial charge in [-0.05, 0) is 35.9 Å². The molecule has 1 nitrogen and oxygen atoms in total. The fraction of sp³-hybridized carbons (Fsp3) is 0.190. The number of aryl methyl sites for hydroxylation is 1. The molecule has 0 spiro atoms. The minimum absolute atomic E-state index is 1.08. The lowest BCUT2D eigenvalue weighted by atomic mass is 10.1. The minimum atomic E-state index is -1.33. The number of fused-ring (bicyclic) bond motifs is 3. The molecule has 2 aromatic heterocycles. The summed E-state index contributed by atoms with van der Waals surface area (Å²) in [4.78, 5) is 4.78. The van der Waals surface area contributed by atoms with E-state index >= 15 is 0 Å². The zero-order valence-electron chi connectivity index (χ0n) is 14.6. The monoisotopic (exact) mass is 347 g/mol. The minimum Gasteiger partial charge on any atom is -0.256 e. The lowest BCUT2D eigenvalue weighted by molar-refractivity contribution is 1.30. The molecule has 0 saturated heterocycles. The number of nitrogens with zero attached hydrogens (tertiary/aromatic N) is 1. The topological polar surface area (TPSA) is 12.9 Å². The maximum Gasteiger partial charge on any atom is 0.0799 e. The van der Waals surface area contributed by atoms with Gasteiger partial charge in [-0.1, -0.05) is 50.0 Å². The highest BCUT2D eigenvalue weighted by atomic mass is 32.1. The van der Waals surface area contributed by atoms with Crippen LogP contribution in [0.1, 0.15) is 5.56 Å². The summed E-state index contributed by atoms with van der Waals surface area (Å²) in [7, 11) is -1.33. The Morgan fingerprint density at radius 2 is 1.62 bits per heavy atom. The van der Waals surface area contributed by atoms with Crippen molar-refractivity contribution >= 4 is 44.8 Å². The van der Waals surface area contributed by atoms with Gasteiger partial charge in [-0.15, -0.1) is 11.3 Å². The van der Waals surface area contributed by atoms with Gasteiger partial charge in [0.1, 0.15) is 0 Å². The Kier molecular flexibility index (Phi) is 3.59. The normalized spacial score (nSPS) is 12.2. The van der Waals surface area contributed by atoms with Crippen LogP contribution in [0.2, 0.25) is 19.6 Å². The number of hydrogen-bond acceptors (Lipinski definition) is 2. The fourth-order valence-corrected chi connectivity index (χ4v) is 6.24. The summed E-state index contributed by atoms with van der Waals surface area (Å²) in [5, 5.41) is 4.14. The first-order valence-corrected chi connectivity index (χ1v) is 12.6. The highest BCUT2D eigenvalue weighted by Crippen LogP contribution is 2.35. The molecular formula is C21H21NSSi. The summed E-state index contributed by atoms with van der Waals surface area (Å²) >= 11 is 1.86. The quantitative estimate of drug-likeness (QED) is 0.407. The molecule has 2 heterocycles. The molecule has 0 saturated carbocycles. The second-order valence-electron chi connectivity index (χ2n) is 7.44. The molecule has 0 atom stereocenters. The van der Waals surface area contributed by atoms with Crippen molar-refractivity contribution in [2.75, 3.05) is 0 Å². The van der Waals surface area contributed by atoms with Crippen LogP contribution in [0.3, 0.4) is 0 Å². The van der Waals surface area contributed by atoms with Gasteiger partial charge in [0.05, 0.1) is 13.8 Å². The highest BCUT2D eigenvalue weighted by molar-refractivity contribution is 7.25. The number of pyridine rings is 1. The molecule has 0 bridgehead atoms. The van der Waals surface area contributed by atoms with Crippen LogP contribution in [0.4, 0.5) is 0 Å². The van der Waals surface area contributed by atoms with Gasteiger partial charge in [-0.2, -0.15) is 0 Å². The molecular weight excluding hydrogens is 326 g/mol. The Morgan fingerprint density at radius 1 is 0.875 bits per heavy atom. The van der Waals surface area contributed by atoms with E-state index in [4.69, 9.17) is 4.98 Å². The molecule has 0 unspecified atom stereocenters. The Balaban J connectivity index is 1.85. The van der Waals surface area contributed by atoms with Gasteiger partial charge in [0, 0.05) is 31.9 Å². The van der Waals surface area contributed by atoms with Crippen molar-refractivity contribution in [3.05, 3.63) is 60.3 Å². The Bertz CT molecular complexity index is 1060. The zero-order chi connectivity index (χ0) is 16.9. The number of rotatable bonds is 2. The first kappa shape index (κ1) is 15.5. The summed E-state index contributed by atoms with van der Waals surface area (Å²) in [6.45, 7) is 9.34. The molecule has 4 rings (SSSR count). The van der Waals surface area contributed by atoms with Crippen molar-refractivity contribution in [2.45, 2.75) is 26.6 Å². The summed E-state index contributed by atoms with van der Waals surface area (Å²) < 4.78 is 2.69. The van der Waals surface area contributed by atoms with Crippen molar-refractivity contribution in [1.82, 2.24) is 4.98 Å². The maximum absolute atomic E-state index is 4.78. The second kappa shape index (κ2) is 5.54. The van der Waals surface area contributed by atoms with E-state index in [9.17, 15) is 0 Å². The van der Waals surface area contributed by atoms with Crippen LogP contribution >= 0.6 is 11.3 Å². The molecule has 0 N–H and O–H groups in total. The molecule has 2 aromatic carbocycles. The maximum atomic E-state index is 4.78. The van der Waals surface area contributed by atoms with Crippen LogP contribution in [-0.2, 0) is 0 Å². The van der Waals surface area contributed by atoms with Crippen LogP contribution in [-0.4, -0.2) is 13.1 Å². The molecule has 0 aliphatic carbocycles. The number of hydrogen-bond donors (Lipinski definition) is 0. The van der Waals surface area contributed by atoms with Crippen molar-refractivity contribution in [3.63, 3.8) is 0 Å². The van der Waals surface area contributed by atoms with E-state index in [0.717, 1.165) is 5.69 Å². The predicted octanol–water partition coefficient (Wildman–Crippen LogP) is 5.97. The van der Waals surface area contributed by atoms with Crippen LogP contribution in [0.25, 0.3) is 31.4 Å². The van der Waals surface area contributed by atoms with Crippen molar-refractivity contribution in [1.29, 1.82) is 0 Å². The third kappa shape index (κ3) is 2.58. The molecule has 0 aliphatic rings.